The number of oxime groups is 1. The molecule has 0 aromatic carbocycles. The summed E-state index contributed by atoms with van der Waals surface area (Å²) >= 11 is 1.19. The van der Waals surface area contributed by atoms with Gasteiger partial charge in [0.15, 0.2) is 11.0 Å². The summed E-state index contributed by atoms with van der Waals surface area (Å²) in [6, 6.07) is 3.25. The van der Waals surface area contributed by atoms with Gasteiger partial charge in [-0.1, -0.05) is 5.16 Å². The van der Waals surface area contributed by atoms with Crippen molar-refractivity contribution >= 4 is 17.6 Å². The molecule has 0 unspecified atom stereocenters. The first kappa shape index (κ1) is 12.2. The van der Waals surface area contributed by atoms with Crippen molar-refractivity contribution in [1.29, 1.82) is 0 Å². The van der Waals surface area contributed by atoms with Gasteiger partial charge < -0.3 is 10.9 Å². The summed E-state index contributed by atoms with van der Waals surface area (Å²) < 4.78 is 1.36. The Morgan fingerprint density at radius 1 is 1.67 bits per heavy atom. The zero-order valence-electron chi connectivity index (χ0n) is 9.36. The molecule has 94 valence electrons. The molecule has 0 aliphatic carbocycles. The van der Waals surface area contributed by atoms with Crippen LogP contribution in [0.15, 0.2) is 38.5 Å². The van der Waals surface area contributed by atoms with Crippen LogP contribution in [0.2, 0.25) is 0 Å². The van der Waals surface area contributed by atoms with Crippen LogP contribution in [0.4, 0.5) is 0 Å². The Morgan fingerprint density at radius 2 is 2.44 bits per heavy atom. The molecule has 2 heterocycles. The third-order valence-electron chi connectivity index (χ3n) is 2.17. The van der Waals surface area contributed by atoms with E-state index in [0.717, 1.165) is 0 Å². The fourth-order valence-corrected chi connectivity index (χ4v) is 2.00. The molecule has 18 heavy (non-hydrogen) atoms. The summed E-state index contributed by atoms with van der Waals surface area (Å²) in [5.74, 6) is -0.00448. The van der Waals surface area contributed by atoms with Crippen molar-refractivity contribution in [2.45, 2.75) is 10.2 Å². The lowest BCUT2D eigenvalue weighted by Gasteiger charge is -2.02. The van der Waals surface area contributed by atoms with Crippen LogP contribution in [0.5, 0.6) is 0 Å². The molecule has 0 radical (unpaired) electrons. The quantitative estimate of drug-likeness (QED) is 0.305. The topological polar surface area (TPSA) is 122 Å². The Kier molecular flexibility index (Phi) is 3.33. The highest BCUT2D eigenvalue weighted by atomic mass is 32.2. The smallest absolute Gasteiger partial charge is 0.343 e. The van der Waals surface area contributed by atoms with Crippen molar-refractivity contribution in [3.63, 3.8) is 0 Å². The van der Waals surface area contributed by atoms with E-state index in [-0.39, 0.29) is 11.5 Å². The minimum absolute atomic E-state index is 0.00448. The average Bonchev–Trinajstić information content (AvgIpc) is 2.70. The van der Waals surface area contributed by atoms with E-state index in [9.17, 15) is 4.79 Å². The van der Waals surface area contributed by atoms with Gasteiger partial charge in [0, 0.05) is 18.8 Å². The van der Waals surface area contributed by atoms with Crippen LogP contribution in [-0.4, -0.2) is 30.8 Å². The van der Waals surface area contributed by atoms with Gasteiger partial charge in [-0.05, 0) is 23.9 Å². The molecule has 2 aromatic heterocycles. The Balaban J connectivity index is 2.30. The second kappa shape index (κ2) is 4.92. The molecule has 0 saturated carbocycles. The summed E-state index contributed by atoms with van der Waals surface area (Å²) in [7, 11) is 1.60. The number of amidine groups is 1. The first-order chi connectivity index (χ1) is 8.61. The number of aromatic nitrogens is 4. The van der Waals surface area contributed by atoms with E-state index in [4.69, 9.17) is 10.9 Å². The molecule has 0 spiro atoms. The summed E-state index contributed by atoms with van der Waals surface area (Å²) in [6.07, 6.45) is 1.53. The highest BCUT2D eigenvalue weighted by molar-refractivity contribution is 7.99. The molecule has 0 fully saturated rings. The predicted molar refractivity (Wildman–Crippen MR) is 64.7 cm³/mol. The summed E-state index contributed by atoms with van der Waals surface area (Å²) in [5.41, 5.74) is 5.71. The monoisotopic (exact) mass is 266 g/mol. The highest BCUT2D eigenvalue weighted by Crippen LogP contribution is 2.22. The van der Waals surface area contributed by atoms with Gasteiger partial charge in [-0.15, -0.1) is 5.10 Å². The molecule has 9 heteroatoms. The molecule has 0 bridgehead atoms. The third kappa shape index (κ3) is 2.35. The predicted octanol–water partition coefficient (Wildman–Crippen LogP) is -0.251. The van der Waals surface area contributed by atoms with Gasteiger partial charge in [0.1, 0.15) is 5.03 Å². The number of H-pyrrole nitrogens is 1. The maximum atomic E-state index is 11.2. The zero-order valence-corrected chi connectivity index (χ0v) is 10.2. The summed E-state index contributed by atoms with van der Waals surface area (Å²) in [5, 5.41) is 18.7. The number of pyridine rings is 1. The SMILES string of the molecule is Cn1c(Sc2cc(C(N)=NO)ccn2)n[nH]c1=O. The fraction of sp³-hybridized carbons (Fsp3) is 0.111. The molecule has 0 amide bonds. The molecular formula is C9H10N6O2S. The lowest BCUT2D eigenvalue weighted by molar-refractivity contribution is 0.318. The lowest BCUT2D eigenvalue weighted by Crippen LogP contribution is -2.13. The molecule has 4 N–H and O–H groups in total. The second-order valence-corrected chi connectivity index (χ2v) is 4.33. The number of aromatic amines is 1. The molecule has 2 rings (SSSR count). The highest BCUT2D eigenvalue weighted by Gasteiger charge is 2.08. The molecule has 0 aliphatic heterocycles. The standard InChI is InChI=1S/C9H10N6O2S/c1-15-8(16)12-13-9(15)18-6-4-5(2-3-11-6)7(10)14-17/h2-4,17H,1H3,(H2,10,14)(H,12,16). The van der Waals surface area contributed by atoms with E-state index in [0.29, 0.717) is 15.7 Å². The number of hydrogen-bond donors (Lipinski definition) is 3. The first-order valence-electron chi connectivity index (χ1n) is 4.85. The zero-order chi connectivity index (χ0) is 13.1. The molecule has 0 saturated heterocycles. The van der Waals surface area contributed by atoms with E-state index >= 15 is 0 Å². The number of rotatable bonds is 3. The van der Waals surface area contributed by atoms with Crippen LogP contribution in [0.1, 0.15) is 5.56 Å². The van der Waals surface area contributed by atoms with E-state index in [1.165, 1.54) is 22.5 Å². The van der Waals surface area contributed by atoms with Crippen molar-refractivity contribution in [1.82, 2.24) is 19.7 Å². The maximum absolute atomic E-state index is 11.2. The van der Waals surface area contributed by atoms with E-state index in [1.807, 2.05) is 0 Å². The van der Waals surface area contributed by atoms with Gasteiger partial charge >= 0.3 is 5.69 Å². The fourth-order valence-electron chi connectivity index (χ4n) is 1.20. The Labute approximate surface area is 106 Å². The van der Waals surface area contributed by atoms with Crippen molar-refractivity contribution in [3.05, 3.63) is 34.4 Å². The minimum Gasteiger partial charge on any atom is -0.409 e. The number of hydrogen-bond acceptors (Lipinski definition) is 6. The van der Waals surface area contributed by atoms with Crippen LogP contribution in [0.25, 0.3) is 0 Å². The van der Waals surface area contributed by atoms with Crippen LogP contribution >= 0.6 is 11.8 Å². The normalized spacial score (nSPS) is 11.7. The van der Waals surface area contributed by atoms with Crippen molar-refractivity contribution in [3.8, 4) is 0 Å². The Hall–Kier alpha value is -2.29. The Bertz CT molecular complexity index is 647. The van der Waals surface area contributed by atoms with Gasteiger partial charge in [0.2, 0.25) is 0 Å². The van der Waals surface area contributed by atoms with Gasteiger partial charge in [-0.2, -0.15) is 0 Å². The van der Waals surface area contributed by atoms with E-state index in [2.05, 4.69) is 20.3 Å². The van der Waals surface area contributed by atoms with Crippen LogP contribution < -0.4 is 11.4 Å². The number of nitrogens with one attached hydrogen (secondary N) is 1. The van der Waals surface area contributed by atoms with Crippen LogP contribution in [0.3, 0.4) is 0 Å². The first-order valence-corrected chi connectivity index (χ1v) is 5.66. The van der Waals surface area contributed by atoms with Crippen molar-refractivity contribution in [2.75, 3.05) is 0 Å². The van der Waals surface area contributed by atoms with E-state index < -0.39 is 0 Å². The lowest BCUT2D eigenvalue weighted by atomic mass is 10.2. The van der Waals surface area contributed by atoms with Crippen molar-refractivity contribution < 1.29 is 5.21 Å². The molecule has 0 aliphatic rings. The van der Waals surface area contributed by atoms with Crippen LogP contribution in [-0.2, 0) is 7.05 Å². The van der Waals surface area contributed by atoms with Gasteiger partial charge in [0.05, 0.1) is 0 Å². The van der Waals surface area contributed by atoms with Crippen LogP contribution in [0, 0.1) is 0 Å². The summed E-state index contributed by atoms with van der Waals surface area (Å²) in [4.78, 5) is 15.3. The van der Waals surface area contributed by atoms with Gasteiger partial charge in [-0.25, -0.2) is 14.9 Å². The summed E-state index contributed by atoms with van der Waals surface area (Å²) in [6.45, 7) is 0. The second-order valence-electron chi connectivity index (χ2n) is 3.34. The van der Waals surface area contributed by atoms with Gasteiger partial charge in [-0.3, -0.25) is 4.57 Å². The average molecular weight is 266 g/mol. The molecule has 2 aromatic rings. The minimum atomic E-state index is -0.301. The third-order valence-corrected chi connectivity index (χ3v) is 3.15. The maximum Gasteiger partial charge on any atom is 0.343 e. The van der Waals surface area contributed by atoms with E-state index in [1.54, 1.807) is 19.2 Å². The molecule has 8 nitrogen and oxygen atoms in total. The number of nitrogens with zero attached hydrogens (tertiary/aromatic N) is 4. The molecule has 0 atom stereocenters. The molecular weight excluding hydrogens is 256 g/mol. The van der Waals surface area contributed by atoms with Crippen molar-refractivity contribution in [2.24, 2.45) is 17.9 Å². The largest absolute Gasteiger partial charge is 0.409 e. The Morgan fingerprint density at radius 3 is 3.06 bits per heavy atom. The van der Waals surface area contributed by atoms with Gasteiger partial charge in [0.25, 0.3) is 0 Å². The number of nitrogens with two attached hydrogens (primary N) is 1.